The number of H-pyrrole nitrogens is 1. The average molecular weight is 335 g/mol. The highest BCUT2D eigenvalue weighted by molar-refractivity contribution is 5.93. The lowest BCUT2D eigenvalue weighted by molar-refractivity contribution is -0.136. The van der Waals surface area contributed by atoms with Crippen LogP contribution in [0.4, 0.5) is 0 Å². The molecule has 1 atom stereocenters. The Labute approximate surface area is 143 Å². The maximum absolute atomic E-state index is 12.7. The van der Waals surface area contributed by atoms with Crippen molar-refractivity contribution in [3.05, 3.63) is 24.3 Å². The van der Waals surface area contributed by atoms with E-state index in [9.17, 15) is 10.1 Å². The first-order valence-corrected chi connectivity index (χ1v) is 8.59. The number of likely N-dealkylation sites (tertiary alicyclic amines) is 1. The highest BCUT2D eigenvalue weighted by atomic mass is 16.2. The fraction of sp³-hybridized carbons (Fsp3) is 0.471. The minimum Gasteiger partial charge on any atom is -0.346 e. The van der Waals surface area contributed by atoms with Gasteiger partial charge in [0.25, 0.3) is 0 Å². The highest BCUT2D eigenvalue weighted by Crippen LogP contribution is 2.47. The van der Waals surface area contributed by atoms with Crippen LogP contribution >= 0.6 is 0 Å². The number of carbonyl (C=O) groups is 1. The quantitative estimate of drug-likeness (QED) is 0.766. The normalized spacial score (nSPS) is 22.2. The van der Waals surface area contributed by atoms with Gasteiger partial charge in [0.2, 0.25) is 5.91 Å². The summed E-state index contributed by atoms with van der Waals surface area (Å²) in [6.45, 7) is 1.32. The molecule has 8 heteroatoms. The van der Waals surface area contributed by atoms with Gasteiger partial charge in [-0.1, -0.05) is 5.21 Å². The largest absolute Gasteiger partial charge is 0.346 e. The van der Waals surface area contributed by atoms with Crippen LogP contribution in [0, 0.1) is 16.7 Å². The number of fused-ring (bicyclic) bond motifs is 3. The van der Waals surface area contributed by atoms with Crippen LogP contribution in [-0.4, -0.2) is 48.7 Å². The molecule has 2 aliphatic rings. The zero-order valence-corrected chi connectivity index (χ0v) is 13.6. The molecule has 0 unspecified atom stereocenters. The molecule has 8 nitrogen and oxygen atoms in total. The van der Waals surface area contributed by atoms with E-state index in [1.807, 2.05) is 17.2 Å². The second kappa shape index (κ2) is 5.02. The van der Waals surface area contributed by atoms with E-state index in [2.05, 4.69) is 26.3 Å². The Kier molecular flexibility index (Phi) is 2.89. The topological polar surface area (TPSA) is 103 Å². The molecule has 1 amide bonds. The van der Waals surface area contributed by atoms with Crippen LogP contribution in [0.1, 0.15) is 37.3 Å². The molecule has 1 aliphatic heterocycles. The Morgan fingerprint density at radius 3 is 3.12 bits per heavy atom. The van der Waals surface area contributed by atoms with Gasteiger partial charge in [-0.2, -0.15) is 5.26 Å². The van der Waals surface area contributed by atoms with Gasteiger partial charge in [-0.3, -0.25) is 4.79 Å². The van der Waals surface area contributed by atoms with E-state index < -0.39 is 5.41 Å². The molecule has 1 saturated carbocycles. The zero-order valence-electron chi connectivity index (χ0n) is 13.6. The lowest BCUT2D eigenvalue weighted by Gasteiger charge is -2.33. The molecular formula is C17H17N7O. The number of rotatable bonds is 2. The third-order valence-corrected chi connectivity index (χ3v) is 5.47. The molecule has 0 aromatic carbocycles. The van der Waals surface area contributed by atoms with Crippen molar-refractivity contribution < 1.29 is 4.79 Å². The summed E-state index contributed by atoms with van der Waals surface area (Å²) in [4.78, 5) is 22.0. The van der Waals surface area contributed by atoms with E-state index in [0.717, 1.165) is 41.6 Å². The van der Waals surface area contributed by atoms with E-state index in [1.165, 1.54) is 0 Å². The molecule has 25 heavy (non-hydrogen) atoms. The van der Waals surface area contributed by atoms with Gasteiger partial charge in [0, 0.05) is 30.6 Å². The molecule has 0 bridgehead atoms. The van der Waals surface area contributed by atoms with Crippen molar-refractivity contribution in [3.8, 4) is 6.07 Å². The SMILES string of the molecule is N#CC1(C(=O)N2CCC[C@H](c3nnn4cnc5[nH]ccc5c34)C2)CC1. The van der Waals surface area contributed by atoms with E-state index in [-0.39, 0.29) is 11.8 Å². The molecular weight excluding hydrogens is 318 g/mol. The Balaban J connectivity index is 1.51. The molecule has 5 rings (SSSR count). The molecule has 126 valence electrons. The number of piperidine rings is 1. The number of nitriles is 1. The van der Waals surface area contributed by atoms with Gasteiger partial charge in [-0.15, -0.1) is 5.10 Å². The van der Waals surface area contributed by atoms with Gasteiger partial charge in [0.1, 0.15) is 22.9 Å². The molecule has 0 radical (unpaired) electrons. The van der Waals surface area contributed by atoms with Crippen molar-refractivity contribution in [1.82, 2.24) is 29.7 Å². The highest BCUT2D eigenvalue weighted by Gasteiger charge is 2.53. The molecule has 4 heterocycles. The van der Waals surface area contributed by atoms with Gasteiger partial charge < -0.3 is 9.88 Å². The minimum atomic E-state index is -0.756. The number of hydrogen-bond donors (Lipinski definition) is 1. The van der Waals surface area contributed by atoms with Crippen LogP contribution < -0.4 is 0 Å². The summed E-state index contributed by atoms with van der Waals surface area (Å²) < 4.78 is 1.70. The van der Waals surface area contributed by atoms with Gasteiger partial charge in [-0.05, 0) is 31.7 Å². The van der Waals surface area contributed by atoms with Crippen LogP contribution in [0.5, 0.6) is 0 Å². The maximum Gasteiger partial charge on any atom is 0.243 e. The maximum atomic E-state index is 12.7. The third kappa shape index (κ3) is 2.05. The Hall–Kier alpha value is -2.95. The molecule has 1 N–H and O–H groups in total. The monoisotopic (exact) mass is 335 g/mol. The van der Waals surface area contributed by atoms with Crippen LogP contribution in [0.3, 0.4) is 0 Å². The van der Waals surface area contributed by atoms with E-state index in [0.29, 0.717) is 19.4 Å². The number of hydrogen-bond acceptors (Lipinski definition) is 5. The van der Waals surface area contributed by atoms with Crippen molar-refractivity contribution in [2.75, 3.05) is 13.1 Å². The molecule has 0 spiro atoms. The van der Waals surface area contributed by atoms with Crippen molar-refractivity contribution in [2.45, 2.75) is 31.6 Å². The Bertz CT molecular complexity index is 1020. The lowest BCUT2D eigenvalue weighted by atomic mass is 9.92. The first-order valence-electron chi connectivity index (χ1n) is 8.59. The Morgan fingerprint density at radius 1 is 1.44 bits per heavy atom. The summed E-state index contributed by atoms with van der Waals surface area (Å²) in [6, 6.07) is 4.19. The van der Waals surface area contributed by atoms with Crippen molar-refractivity contribution in [3.63, 3.8) is 0 Å². The van der Waals surface area contributed by atoms with Crippen LogP contribution in [0.25, 0.3) is 16.6 Å². The van der Waals surface area contributed by atoms with Crippen LogP contribution in [0.2, 0.25) is 0 Å². The molecule has 3 aromatic rings. The standard InChI is InChI=1S/C17H17N7O/c18-9-17(4-5-17)16(25)23-7-1-2-11(8-23)13-14-12-3-6-19-15(12)20-10-24(14)22-21-13/h3,6,10-11,19H,1-2,4-5,7-8H2/t11-/m0/s1. The first-order chi connectivity index (χ1) is 12.2. The second-order valence-corrected chi connectivity index (χ2v) is 7.04. The average Bonchev–Trinajstić information content (AvgIpc) is 3.10. The molecule has 2 fully saturated rings. The van der Waals surface area contributed by atoms with Crippen molar-refractivity contribution in [2.24, 2.45) is 5.41 Å². The lowest BCUT2D eigenvalue weighted by Crippen LogP contribution is -2.43. The van der Waals surface area contributed by atoms with Crippen molar-refractivity contribution in [1.29, 1.82) is 5.26 Å². The van der Waals surface area contributed by atoms with Crippen molar-refractivity contribution >= 4 is 22.5 Å². The number of aromatic nitrogens is 5. The van der Waals surface area contributed by atoms with Crippen LogP contribution in [-0.2, 0) is 4.79 Å². The predicted molar refractivity (Wildman–Crippen MR) is 88.5 cm³/mol. The molecule has 3 aromatic heterocycles. The summed E-state index contributed by atoms with van der Waals surface area (Å²) in [5, 5.41) is 18.9. The Morgan fingerprint density at radius 2 is 2.32 bits per heavy atom. The molecule has 1 saturated heterocycles. The number of aromatic amines is 1. The second-order valence-electron chi connectivity index (χ2n) is 7.04. The number of nitrogens with one attached hydrogen (secondary N) is 1. The summed E-state index contributed by atoms with van der Waals surface area (Å²) in [7, 11) is 0. The van der Waals surface area contributed by atoms with Crippen LogP contribution in [0.15, 0.2) is 18.6 Å². The van der Waals surface area contributed by atoms with E-state index in [1.54, 1.807) is 10.8 Å². The fourth-order valence-corrected chi connectivity index (χ4v) is 3.88. The fourth-order valence-electron chi connectivity index (χ4n) is 3.88. The minimum absolute atomic E-state index is 0.00960. The summed E-state index contributed by atoms with van der Waals surface area (Å²) in [5.74, 6) is 0.120. The van der Waals surface area contributed by atoms with Gasteiger partial charge in [0.05, 0.1) is 11.8 Å². The third-order valence-electron chi connectivity index (χ3n) is 5.47. The summed E-state index contributed by atoms with van der Waals surface area (Å²) in [5.41, 5.74) is 1.91. The van der Waals surface area contributed by atoms with Gasteiger partial charge in [0.15, 0.2) is 0 Å². The van der Waals surface area contributed by atoms with Gasteiger partial charge >= 0.3 is 0 Å². The van der Waals surface area contributed by atoms with E-state index in [4.69, 9.17) is 0 Å². The smallest absolute Gasteiger partial charge is 0.243 e. The molecule has 1 aliphatic carbocycles. The summed E-state index contributed by atoms with van der Waals surface area (Å²) in [6.07, 6.45) is 6.77. The van der Waals surface area contributed by atoms with E-state index >= 15 is 0 Å². The predicted octanol–water partition coefficient (Wildman–Crippen LogP) is 1.62. The number of amides is 1. The summed E-state index contributed by atoms with van der Waals surface area (Å²) >= 11 is 0. The number of carbonyl (C=O) groups excluding carboxylic acids is 1. The zero-order chi connectivity index (χ0) is 17.0. The first kappa shape index (κ1) is 14.4. The van der Waals surface area contributed by atoms with Gasteiger partial charge in [-0.25, -0.2) is 9.50 Å². The number of nitrogens with zero attached hydrogens (tertiary/aromatic N) is 6.